The van der Waals surface area contributed by atoms with Crippen LogP contribution in [0, 0.1) is 0 Å². The highest BCUT2D eigenvalue weighted by atomic mass is 35.5. The lowest BCUT2D eigenvalue weighted by atomic mass is 10.4. The number of rotatable bonds is 4. The van der Waals surface area contributed by atoms with Crippen LogP contribution in [-0.4, -0.2) is 23.2 Å². The Kier molecular flexibility index (Phi) is 4.25. The highest BCUT2D eigenvalue weighted by Gasteiger charge is 2.19. The van der Waals surface area contributed by atoms with Crippen LogP contribution in [-0.2, 0) is 10.0 Å². The maximum absolute atomic E-state index is 12.4. The fraction of sp³-hybridized carbons (Fsp3) is 0. The van der Waals surface area contributed by atoms with E-state index in [2.05, 4.69) is 14.8 Å². The predicted octanol–water partition coefficient (Wildman–Crippen LogP) is 3.37. The number of nitrogens with one attached hydrogen (secondary N) is 1. The maximum Gasteiger partial charge on any atom is 0.263 e. The summed E-state index contributed by atoms with van der Waals surface area (Å²) in [7, 11) is -3.86. The van der Waals surface area contributed by atoms with Crippen LogP contribution in [0.5, 0.6) is 0 Å². The smallest absolute Gasteiger partial charge is 0.263 e. The van der Waals surface area contributed by atoms with Crippen LogP contribution in [0.1, 0.15) is 0 Å². The molecule has 1 aromatic carbocycles. The number of benzene rings is 1. The van der Waals surface area contributed by atoms with Crippen LogP contribution in [0.2, 0.25) is 10.0 Å². The van der Waals surface area contributed by atoms with Gasteiger partial charge in [0.25, 0.3) is 10.0 Å². The Bertz CT molecular complexity index is 926. The third-order valence-corrected chi connectivity index (χ3v) is 5.30. The molecule has 0 radical (unpaired) electrons. The first-order chi connectivity index (χ1) is 11.0. The molecule has 6 nitrogen and oxygen atoms in total. The van der Waals surface area contributed by atoms with Crippen molar-refractivity contribution in [2.45, 2.75) is 4.90 Å². The van der Waals surface area contributed by atoms with E-state index in [0.717, 1.165) is 0 Å². The summed E-state index contributed by atoms with van der Waals surface area (Å²) in [6.45, 7) is 0. The molecule has 0 amide bonds. The van der Waals surface area contributed by atoms with E-state index in [1.807, 2.05) is 0 Å². The van der Waals surface area contributed by atoms with E-state index < -0.39 is 10.0 Å². The average Bonchev–Trinajstić information content (AvgIpc) is 3.04. The quantitative estimate of drug-likeness (QED) is 0.765. The van der Waals surface area contributed by atoms with E-state index in [1.54, 1.807) is 35.3 Å². The van der Waals surface area contributed by atoms with Crippen LogP contribution in [0.4, 0.5) is 5.69 Å². The SMILES string of the molecule is O=S(=O)(Nc1ccc(-n2cccn2)nc1)c1cccc(Cl)c1Cl. The summed E-state index contributed by atoms with van der Waals surface area (Å²) in [6.07, 6.45) is 4.75. The van der Waals surface area contributed by atoms with E-state index in [9.17, 15) is 8.42 Å². The van der Waals surface area contributed by atoms with Crippen LogP contribution >= 0.6 is 23.2 Å². The second kappa shape index (κ2) is 6.19. The number of anilines is 1. The molecule has 1 N–H and O–H groups in total. The molecule has 0 atom stereocenters. The summed E-state index contributed by atoms with van der Waals surface area (Å²) < 4.78 is 28.8. The molecule has 118 valence electrons. The molecule has 0 saturated carbocycles. The van der Waals surface area contributed by atoms with E-state index in [1.165, 1.54) is 24.4 Å². The Hall–Kier alpha value is -2.09. The first-order valence-electron chi connectivity index (χ1n) is 6.40. The first kappa shape index (κ1) is 15.8. The standard InChI is InChI=1S/C14H10Cl2N4O2S/c15-11-3-1-4-12(14(11)16)23(21,22)19-10-5-6-13(17-9-10)20-8-2-7-18-20/h1-9,19H. The molecule has 9 heteroatoms. The molecular formula is C14H10Cl2N4O2S. The molecule has 3 rings (SSSR count). The molecule has 3 aromatic rings. The Labute approximate surface area is 142 Å². The van der Waals surface area contributed by atoms with Crippen molar-refractivity contribution in [3.63, 3.8) is 0 Å². The summed E-state index contributed by atoms with van der Waals surface area (Å²) in [5, 5.41) is 4.19. The van der Waals surface area contributed by atoms with E-state index >= 15 is 0 Å². The maximum atomic E-state index is 12.4. The molecular weight excluding hydrogens is 359 g/mol. The second-order valence-corrected chi connectivity index (χ2v) is 6.95. The Morgan fingerprint density at radius 2 is 1.91 bits per heavy atom. The van der Waals surface area contributed by atoms with Gasteiger partial charge in [0.05, 0.1) is 21.9 Å². The second-order valence-electron chi connectivity index (χ2n) is 4.51. The minimum Gasteiger partial charge on any atom is -0.278 e. The van der Waals surface area contributed by atoms with Crippen molar-refractivity contribution >= 4 is 38.9 Å². The number of hydrogen-bond acceptors (Lipinski definition) is 4. The van der Waals surface area contributed by atoms with Crippen molar-refractivity contribution < 1.29 is 8.42 Å². The number of halogens is 2. The number of sulfonamides is 1. The van der Waals surface area contributed by atoms with Crippen molar-refractivity contribution in [3.05, 3.63) is 65.0 Å². The van der Waals surface area contributed by atoms with Gasteiger partial charge < -0.3 is 0 Å². The molecule has 2 heterocycles. The van der Waals surface area contributed by atoms with Gasteiger partial charge in [0.2, 0.25) is 0 Å². The van der Waals surface area contributed by atoms with Gasteiger partial charge in [0.1, 0.15) is 4.90 Å². The van der Waals surface area contributed by atoms with Crippen molar-refractivity contribution in [1.82, 2.24) is 14.8 Å². The third kappa shape index (κ3) is 3.31. The van der Waals surface area contributed by atoms with Crippen molar-refractivity contribution in [2.24, 2.45) is 0 Å². The normalized spacial score (nSPS) is 11.4. The Balaban J connectivity index is 1.87. The zero-order chi connectivity index (χ0) is 16.4. The lowest BCUT2D eigenvalue weighted by Gasteiger charge is -2.10. The molecule has 2 aromatic heterocycles. The minimum atomic E-state index is -3.86. The van der Waals surface area contributed by atoms with Gasteiger partial charge in [-0.3, -0.25) is 4.72 Å². The summed E-state index contributed by atoms with van der Waals surface area (Å²) in [6, 6.07) is 9.40. The van der Waals surface area contributed by atoms with Gasteiger partial charge in [-0.1, -0.05) is 29.3 Å². The number of aromatic nitrogens is 3. The highest BCUT2D eigenvalue weighted by Crippen LogP contribution is 2.30. The topological polar surface area (TPSA) is 76.9 Å². The lowest BCUT2D eigenvalue weighted by Crippen LogP contribution is -2.14. The lowest BCUT2D eigenvalue weighted by molar-refractivity contribution is 0.601. The van der Waals surface area contributed by atoms with E-state index in [0.29, 0.717) is 11.5 Å². The number of hydrogen-bond donors (Lipinski definition) is 1. The van der Waals surface area contributed by atoms with Crippen LogP contribution < -0.4 is 4.72 Å². The minimum absolute atomic E-state index is 0.0252. The summed E-state index contributed by atoms with van der Waals surface area (Å²) in [4.78, 5) is 4.06. The van der Waals surface area contributed by atoms with Crippen molar-refractivity contribution in [3.8, 4) is 5.82 Å². The monoisotopic (exact) mass is 368 g/mol. The van der Waals surface area contributed by atoms with Gasteiger partial charge in [-0.2, -0.15) is 5.10 Å². The fourth-order valence-electron chi connectivity index (χ4n) is 1.89. The van der Waals surface area contributed by atoms with E-state index in [-0.39, 0.29) is 14.9 Å². The zero-order valence-corrected chi connectivity index (χ0v) is 13.8. The zero-order valence-electron chi connectivity index (χ0n) is 11.5. The first-order valence-corrected chi connectivity index (χ1v) is 8.64. The van der Waals surface area contributed by atoms with Crippen molar-refractivity contribution in [1.29, 1.82) is 0 Å². The number of nitrogens with zero attached hydrogens (tertiary/aromatic N) is 3. The summed E-state index contributed by atoms with van der Waals surface area (Å²) in [5.41, 5.74) is 0.303. The number of pyridine rings is 1. The molecule has 0 aliphatic rings. The van der Waals surface area contributed by atoms with Gasteiger partial charge in [-0.25, -0.2) is 18.1 Å². The van der Waals surface area contributed by atoms with Gasteiger partial charge >= 0.3 is 0 Å². The summed E-state index contributed by atoms with van der Waals surface area (Å²) >= 11 is 11.8. The van der Waals surface area contributed by atoms with Crippen LogP contribution in [0.25, 0.3) is 5.82 Å². The van der Waals surface area contributed by atoms with Gasteiger partial charge in [-0.15, -0.1) is 0 Å². The molecule has 0 bridgehead atoms. The largest absolute Gasteiger partial charge is 0.278 e. The fourth-order valence-corrected chi connectivity index (χ4v) is 3.69. The third-order valence-electron chi connectivity index (χ3n) is 2.94. The molecule has 0 aliphatic carbocycles. The van der Waals surface area contributed by atoms with E-state index in [4.69, 9.17) is 23.2 Å². The molecule has 0 saturated heterocycles. The van der Waals surface area contributed by atoms with Crippen LogP contribution in [0.15, 0.2) is 59.9 Å². The predicted molar refractivity (Wildman–Crippen MR) is 88.6 cm³/mol. The van der Waals surface area contributed by atoms with Crippen LogP contribution in [0.3, 0.4) is 0 Å². The van der Waals surface area contributed by atoms with Crippen molar-refractivity contribution in [2.75, 3.05) is 4.72 Å². The highest BCUT2D eigenvalue weighted by molar-refractivity contribution is 7.92. The molecule has 0 aliphatic heterocycles. The van der Waals surface area contributed by atoms with Gasteiger partial charge in [0.15, 0.2) is 5.82 Å². The van der Waals surface area contributed by atoms with Gasteiger partial charge in [0, 0.05) is 12.4 Å². The molecule has 0 spiro atoms. The molecule has 23 heavy (non-hydrogen) atoms. The molecule has 0 fully saturated rings. The van der Waals surface area contributed by atoms with Gasteiger partial charge in [-0.05, 0) is 30.3 Å². The molecule has 0 unspecified atom stereocenters. The Morgan fingerprint density at radius 3 is 2.57 bits per heavy atom. The average molecular weight is 369 g/mol. The summed E-state index contributed by atoms with van der Waals surface area (Å²) in [5.74, 6) is 0.568. The Morgan fingerprint density at radius 1 is 1.09 bits per heavy atom.